The quantitative estimate of drug-likeness (QED) is 0.685. The first kappa shape index (κ1) is 12.5. The molecule has 3 heteroatoms. The van der Waals surface area contributed by atoms with Crippen molar-refractivity contribution in [3.8, 4) is 0 Å². The van der Waals surface area contributed by atoms with E-state index in [1.54, 1.807) is 4.90 Å². The highest BCUT2D eigenvalue weighted by atomic mass is 16.3. The number of unbranched alkanes of at least 4 members (excludes halogenated alkanes) is 4. The van der Waals surface area contributed by atoms with Gasteiger partial charge in [-0.25, -0.2) is 0 Å². The minimum absolute atomic E-state index is 0.225. The smallest absolute Gasteiger partial charge is 0.222 e. The number of amides is 1. The van der Waals surface area contributed by atoms with Crippen LogP contribution in [0, 0.1) is 0 Å². The molecule has 0 aromatic rings. The zero-order valence-corrected chi connectivity index (χ0v) is 9.74. The minimum atomic E-state index is -0.283. The van der Waals surface area contributed by atoms with E-state index in [1.165, 1.54) is 19.3 Å². The molecule has 0 aromatic heterocycles. The third-order valence-electron chi connectivity index (χ3n) is 3.01. The van der Waals surface area contributed by atoms with Crippen LogP contribution in [0.3, 0.4) is 0 Å². The second-order valence-corrected chi connectivity index (χ2v) is 4.45. The number of aliphatic hydroxyl groups excluding tert-OH is 1. The van der Waals surface area contributed by atoms with Crippen LogP contribution in [0.15, 0.2) is 0 Å². The van der Waals surface area contributed by atoms with Crippen molar-refractivity contribution in [1.29, 1.82) is 0 Å². The van der Waals surface area contributed by atoms with Crippen molar-refractivity contribution in [2.75, 3.05) is 13.1 Å². The van der Waals surface area contributed by atoms with Crippen LogP contribution in [-0.4, -0.2) is 35.1 Å². The normalized spacial score (nSPS) is 20.9. The average Bonchev–Trinajstić information content (AvgIpc) is 2.64. The highest BCUT2D eigenvalue weighted by Gasteiger charge is 2.23. The number of hydrogen-bond acceptors (Lipinski definition) is 2. The summed E-state index contributed by atoms with van der Waals surface area (Å²) in [6, 6.07) is 0. The molecule has 0 aliphatic carbocycles. The van der Waals surface area contributed by atoms with Crippen LogP contribution in [0.5, 0.6) is 0 Å². The van der Waals surface area contributed by atoms with Crippen molar-refractivity contribution < 1.29 is 9.90 Å². The van der Waals surface area contributed by atoms with Gasteiger partial charge in [0.1, 0.15) is 0 Å². The number of hydrogen-bond donors (Lipinski definition) is 1. The Hall–Kier alpha value is -0.570. The number of likely N-dealkylation sites (tertiary alicyclic amines) is 1. The Morgan fingerprint density at radius 3 is 2.67 bits per heavy atom. The molecular formula is C12H23NO2. The van der Waals surface area contributed by atoms with Gasteiger partial charge in [-0.2, -0.15) is 0 Å². The Morgan fingerprint density at radius 2 is 2.07 bits per heavy atom. The number of rotatable bonds is 6. The molecule has 15 heavy (non-hydrogen) atoms. The Kier molecular flexibility index (Phi) is 5.69. The van der Waals surface area contributed by atoms with Crippen molar-refractivity contribution in [2.45, 2.75) is 58.0 Å². The van der Waals surface area contributed by atoms with Crippen LogP contribution in [-0.2, 0) is 4.79 Å². The molecule has 1 rings (SSSR count). The summed E-state index contributed by atoms with van der Waals surface area (Å²) >= 11 is 0. The van der Waals surface area contributed by atoms with E-state index in [1.807, 2.05) is 0 Å². The molecule has 1 amide bonds. The van der Waals surface area contributed by atoms with Gasteiger partial charge in [-0.3, -0.25) is 4.79 Å². The maximum absolute atomic E-state index is 11.6. The summed E-state index contributed by atoms with van der Waals surface area (Å²) in [7, 11) is 0. The van der Waals surface area contributed by atoms with Crippen LogP contribution < -0.4 is 0 Å². The Balaban J connectivity index is 2.03. The van der Waals surface area contributed by atoms with Gasteiger partial charge in [0.05, 0.1) is 6.10 Å². The van der Waals surface area contributed by atoms with E-state index < -0.39 is 0 Å². The molecule has 1 fully saturated rings. The van der Waals surface area contributed by atoms with Crippen LogP contribution in [0.2, 0.25) is 0 Å². The number of nitrogens with zero attached hydrogens (tertiary/aromatic N) is 1. The summed E-state index contributed by atoms with van der Waals surface area (Å²) < 4.78 is 0. The number of carbonyl (C=O) groups excluding carboxylic acids is 1. The summed E-state index contributed by atoms with van der Waals surface area (Å²) in [5.74, 6) is 0.225. The maximum Gasteiger partial charge on any atom is 0.222 e. The van der Waals surface area contributed by atoms with Gasteiger partial charge in [-0.05, 0) is 12.8 Å². The van der Waals surface area contributed by atoms with Crippen molar-refractivity contribution >= 4 is 5.91 Å². The first-order chi connectivity index (χ1) is 7.24. The Labute approximate surface area is 92.5 Å². The van der Waals surface area contributed by atoms with E-state index in [2.05, 4.69) is 6.92 Å². The van der Waals surface area contributed by atoms with Crippen molar-refractivity contribution in [1.82, 2.24) is 4.90 Å². The van der Waals surface area contributed by atoms with E-state index in [9.17, 15) is 9.90 Å². The van der Waals surface area contributed by atoms with Gasteiger partial charge in [-0.15, -0.1) is 0 Å². The maximum atomic E-state index is 11.6. The van der Waals surface area contributed by atoms with E-state index in [4.69, 9.17) is 0 Å². The molecular weight excluding hydrogens is 190 g/mol. The third kappa shape index (κ3) is 4.65. The van der Waals surface area contributed by atoms with Gasteiger partial charge in [0.25, 0.3) is 0 Å². The molecule has 1 unspecified atom stereocenters. The van der Waals surface area contributed by atoms with Crippen LogP contribution in [0.25, 0.3) is 0 Å². The first-order valence-corrected chi connectivity index (χ1v) is 6.20. The summed E-state index contributed by atoms with van der Waals surface area (Å²) in [6.45, 7) is 3.49. The number of carbonyl (C=O) groups is 1. The Morgan fingerprint density at radius 1 is 1.33 bits per heavy atom. The molecule has 3 nitrogen and oxygen atoms in total. The fraction of sp³-hybridized carbons (Fsp3) is 0.917. The molecule has 88 valence electrons. The van der Waals surface area contributed by atoms with Gasteiger partial charge in [0.2, 0.25) is 5.91 Å². The fourth-order valence-electron chi connectivity index (χ4n) is 2.01. The number of β-amino-alcohol motifs (C(OH)–C–C–N with tert-alkyl or cyclic N) is 1. The van der Waals surface area contributed by atoms with Gasteiger partial charge in [0.15, 0.2) is 0 Å². The monoisotopic (exact) mass is 213 g/mol. The standard InChI is InChI=1S/C12H23NO2/c1-2-3-4-5-6-7-12(15)13-9-8-11(14)10-13/h11,14H,2-10H2,1H3. The first-order valence-electron chi connectivity index (χ1n) is 6.20. The van der Waals surface area contributed by atoms with E-state index in [0.29, 0.717) is 13.0 Å². The van der Waals surface area contributed by atoms with Gasteiger partial charge < -0.3 is 10.0 Å². The molecule has 1 atom stereocenters. The summed E-state index contributed by atoms with van der Waals surface area (Å²) in [4.78, 5) is 13.4. The van der Waals surface area contributed by atoms with Crippen molar-refractivity contribution in [2.24, 2.45) is 0 Å². The van der Waals surface area contributed by atoms with Gasteiger partial charge in [0, 0.05) is 19.5 Å². The lowest BCUT2D eigenvalue weighted by atomic mass is 10.1. The van der Waals surface area contributed by atoms with Crippen LogP contribution >= 0.6 is 0 Å². The highest BCUT2D eigenvalue weighted by Crippen LogP contribution is 2.12. The fourth-order valence-corrected chi connectivity index (χ4v) is 2.01. The van der Waals surface area contributed by atoms with E-state index >= 15 is 0 Å². The average molecular weight is 213 g/mol. The SMILES string of the molecule is CCCCCCCC(=O)N1CCC(O)C1. The molecule has 0 bridgehead atoms. The molecule has 1 saturated heterocycles. The molecule has 0 aromatic carbocycles. The van der Waals surface area contributed by atoms with Gasteiger partial charge in [-0.1, -0.05) is 32.6 Å². The minimum Gasteiger partial charge on any atom is -0.391 e. The highest BCUT2D eigenvalue weighted by molar-refractivity contribution is 5.76. The zero-order chi connectivity index (χ0) is 11.1. The Bertz CT molecular complexity index is 194. The van der Waals surface area contributed by atoms with Crippen LogP contribution in [0.1, 0.15) is 51.9 Å². The predicted molar refractivity (Wildman–Crippen MR) is 60.6 cm³/mol. The molecule has 0 radical (unpaired) electrons. The topological polar surface area (TPSA) is 40.5 Å². The molecule has 1 heterocycles. The second-order valence-electron chi connectivity index (χ2n) is 4.45. The third-order valence-corrected chi connectivity index (χ3v) is 3.01. The van der Waals surface area contributed by atoms with Crippen molar-refractivity contribution in [3.63, 3.8) is 0 Å². The predicted octanol–water partition coefficient (Wildman–Crippen LogP) is 1.94. The van der Waals surface area contributed by atoms with E-state index in [0.717, 1.165) is 25.8 Å². The zero-order valence-electron chi connectivity index (χ0n) is 9.74. The molecule has 0 spiro atoms. The summed E-state index contributed by atoms with van der Waals surface area (Å²) in [5.41, 5.74) is 0. The van der Waals surface area contributed by atoms with Gasteiger partial charge >= 0.3 is 0 Å². The summed E-state index contributed by atoms with van der Waals surface area (Å²) in [5, 5.41) is 9.30. The van der Waals surface area contributed by atoms with Crippen LogP contribution in [0.4, 0.5) is 0 Å². The molecule has 1 N–H and O–H groups in total. The lowest BCUT2D eigenvalue weighted by molar-refractivity contribution is -0.130. The largest absolute Gasteiger partial charge is 0.391 e. The summed E-state index contributed by atoms with van der Waals surface area (Å²) in [6.07, 6.45) is 7.06. The lowest BCUT2D eigenvalue weighted by Crippen LogP contribution is -2.29. The second kappa shape index (κ2) is 6.83. The molecule has 1 aliphatic heterocycles. The van der Waals surface area contributed by atoms with Crippen molar-refractivity contribution in [3.05, 3.63) is 0 Å². The lowest BCUT2D eigenvalue weighted by Gasteiger charge is -2.15. The molecule has 0 saturated carbocycles. The van der Waals surface area contributed by atoms with E-state index in [-0.39, 0.29) is 12.0 Å². The number of aliphatic hydroxyl groups is 1. The molecule has 1 aliphatic rings.